The molecule has 142 valence electrons. The predicted octanol–water partition coefficient (Wildman–Crippen LogP) is 1.94. The largest absolute Gasteiger partial charge is 0.454 e. The minimum absolute atomic E-state index is 0.137. The van der Waals surface area contributed by atoms with Crippen LogP contribution in [-0.4, -0.2) is 34.8 Å². The average Bonchev–Trinajstić information content (AvgIpc) is 3.12. The van der Waals surface area contributed by atoms with Crippen molar-refractivity contribution in [3.8, 4) is 11.5 Å². The molecule has 0 bridgehead atoms. The van der Waals surface area contributed by atoms with Crippen LogP contribution in [0.3, 0.4) is 0 Å². The van der Waals surface area contributed by atoms with Gasteiger partial charge in [0.15, 0.2) is 16.7 Å². The number of carbonyl (C=O) groups excluding carboxylic acids is 2. The zero-order valence-electron chi connectivity index (χ0n) is 15.3. The zero-order chi connectivity index (χ0) is 19.4. The number of hydrogen-bond donors (Lipinski definition) is 2. The van der Waals surface area contributed by atoms with Gasteiger partial charge in [0, 0.05) is 23.4 Å². The summed E-state index contributed by atoms with van der Waals surface area (Å²) in [6, 6.07) is 4.83. The number of ether oxygens (including phenoxy) is 2. The average molecular weight is 388 g/mol. The van der Waals surface area contributed by atoms with Gasteiger partial charge in [0.2, 0.25) is 12.7 Å². The number of aromatic nitrogens is 2. The quantitative estimate of drug-likeness (QED) is 0.458. The molecule has 1 aliphatic rings. The first-order valence-electron chi connectivity index (χ1n) is 8.35. The molecule has 1 aromatic heterocycles. The molecule has 0 atom stereocenters. The van der Waals surface area contributed by atoms with Crippen LogP contribution >= 0.6 is 11.8 Å². The van der Waals surface area contributed by atoms with E-state index in [0.717, 1.165) is 17.0 Å². The van der Waals surface area contributed by atoms with E-state index in [1.165, 1.54) is 11.8 Å². The first-order valence-corrected chi connectivity index (χ1v) is 9.57. The molecule has 0 aliphatic carbocycles. The van der Waals surface area contributed by atoms with Crippen LogP contribution in [0, 0.1) is 13.8 Å². The van der Waals surface area contributed by atoms with Gasteiger partial charge >= 0.3 is 0 Å². The molecule has 3 rings (SSSR count). The second kappa shape index (κ2) is 8.26. The van der Waals surface area contributed by atoms with Gasteiger partial charge < -0.3 is 9.47 Å². The Bertz CT molecular complexity index is 865. The van der Waals surface area contributed by atoms with E-state index in [1.54, 1.807) is 18.2 Å². The van der Waals surface area contributed by atoms with Crippen molar-refractivity contribution in [1.82, 2.24) is 20.8 Å². The van der Waals surface area contributed by atoms with Crippen LogP contribution in [-0.2, 0) is 11.2 Å². The number of benzene rings is 1. The summed E-state index contributed by atoms with van der Waals surface area (Å²) < 4.78 is 10.4. The Morgan fingerprint density at radius 1 is 1.11 bits per heavy atom. The van der Waals surface area contributed by atoms with Crippen LogP contribution in [0.5, 0.6) is 11.5 Å². The van der Waals surface area contributed by atoms with Crippen LogP contribution in [0.2, 0.25) is 0 Å². The minimum Gasteiger partial charge on any atom is -0.454 e. The third kappa shape index (κ3) is 4.48. The molecule has 0 fully saturated rings. The van der Waals surface area contributed by atoms with Crippen LogP contribution in [0.25, 0.3) is 0 Å². The Balaban J connectivity index is 1.52. The summed E-state index contributed by atoms with van der Waals surface area (Å²) in [5.74, 6) is 0.378. The number of nitrogens with one attached hydrogen (secondary N) is 2. The lowest BCUT2D eigenvalue weighted by atomic mass is 10.1. The Kier molecular flexibility index (Phi) is 5.80. The molecule has 2 aromatic rings. The Labute approximate surface area is 161 Å². The van der Waals surface area contributed by atoms with E-state index in [1.807, 2.05) is 20.1 Å². The van der Waals surface area contributed by atoms with E-state index in [-0.39, 0.29) is 19.1 Å². The molecule has 2 amide bonds. The summed E-state index contributed by atoms with van der Waals surface area (Å²) in [5.41, 5.74) is 7.88. The molecule has 0 spiro atoms. The number of rotatable bonds is 5. The Morgan fingerprint density at radius 3 is 2.52 bits per heavy atom. The fraction of sp³-hybridized carbons (Fsp3) is 0.333. The number of hydrogen-bond acceptors (Lipinski definition) is 7. The lowest BCUT2D eigenvalue weighted by molar-refractivity contribution is -0.121. The predicted molar refractivity (Wildman–Crippen MR) is 99.8 cm³/mol. The molecular weight excluding hydrogens is 368 g/mol. The van der Waals surface area contributed by atoms with Crippen molar-refractivity contribution >= 4 is 23.6 Å². The summed E-state index contributed by atoms with van der Waals surface area (Å²) in [4.78, 5) is 33.0. The van der Waals surface area contributed by atoms with Gasteiger partial charge in [-0.2, -0.15) is 0 Å². The van der Waals surface area contributed by atoms with Gasteiger partial charge in [0.1, 0.15) is 0 Å². The molecule has 1 aromatic carbocycles. The summed E-state index contributed by atoms with van der Waals surface area (Å²) in [7, 11) is 0. The maximum atomic E-state index is 12.2. The fourth-order valence-corrected chi connectivity index (χ4v) is 3.16. The number of aryl methyl sites for hydroxylation is 2. The van der Waals surface area contributed by atoms with E-state index in [4.69, 9.17) is 9.47 Å². The monoisotopic (exact) mass is 388 g/mol. The summed E-state index contributed by atoms with van der Waals surface area (Å²) in [6.45, 7) is 3.95. The van der Waals surface area contributed by atoms with Gasteiger partial charge in [-0.25, -0.2) is 9.97 Å². The first kappa shape index (κ1) is 19.0. The Morgan fingerprint density at radius 2 is 1.81 bits per heavy atom. The summed E-state index contributed by atoms with van der Waals surface area (Å²) in [6.07, 6.45) is 2.63. The Hall–Kier alpha value is -2.81. The van der Waals surface area contributed by atoms with Crippen molar-refractivity contribution in [2.75, 3.05) is 13.0 Å². The lowest BCUT2D eigenvalue weighted by Crippen LogP contribution is -2.41. The lowest BCUT2D eigenvalue weighted by Gasteiger charge is -2.11. The molecule has 2 N–H and O–H groups in total. The van der Waals surface area contributed by atoms with Gasteiger partial charge in [-0.15, -0.1) is 0 Å². The smallest absolute Gasteiger partial charge is 0.269 e. The number of thioether (sulfide) groups is 1. The molecule has 0 saturated carbocycles. The number of hydrazine groups is 1. The van der Waals surface area contributed by atoms with Crippen molar-refractivity contribution in [2.24, 2.45) is 0 Å². The van der Waals surface area contributed by atoms with E-state index in [2.05, 4.69) is 20.8 Å². The van der Waals surface area contributed by atoms with E-state index >= 15 is 0 Å². The molecule has 0 saturated heterocycles. The highest BCUT2D eigenvalue weighted by molar-refractivity contribution is 7.98. The van der Waals surface area contributed by atoms with Gasteiger partial charge in [0.05, 0.1) is 0 Å². The van der Waals surface area contributed by atoms with Crippen molar-refractivity contribution in [2.45, 2.75) is 31.8 Å². The second-order valence-corrected chi connectivity index (χ2v) is 6.70. The summed E-state index contributed by atoms with van der Waals surface area (Å²) >= 11 is 1.48. The maximum absolute atomic E-state index is 12.2. The van der Waals surface area contributed by atoms with Crippen molar-refractivity contribution in [3.05, 3.63) is 40.7 Å². The fourth-order valence-electron chi connectivity index (χ4n) is 2.70. The third-order valence-corrected chi connectivity index (χ3v) is 4.68. The molecule has 27 heavy (non-hydrogen) atoms. The SMILES string of the molecule is CSc1nc(C)c(CCC(=O)NNC(=O)c2ccc3c(c2)OCO3)c(C)n1. The topological polar surface area (TPSA) is 102 Å². The van der Waals surface area contributed by atoms with Crippen molar-refractivity contribution in [1.29, 1.82) is 0 Å². The van der Waals surface area contributed by atoms with Crippen molar-refractivity contribution in [3.63, 3.8) is 0 Å². The molecule has 0 radical (unpaired) electrons. The van der Waals surface area contributed by atoms with Gasteiger partial charge in [-0.1, -0.05) is 11.8 Å². The van der Waals surface area contributed by atoms with Crippen LogP contribution in [0.1, 0.15) is 33.7 Å². The second-order valence-electron chi connectivity index (χ2n) is 5.93. The van der Waals surface area contributed by atoms with E-state index in [9.17, 15) is 9.59 Å². The molecule has 0 unspecified atom stereocenters. The first-order chi connectivity index (χ1) is 13.0. The zero-order valence-corrected chi connectivity index (χ0v) is 16.1. The standard InChI is InChI=1S/C18H20N4O4S/c1-10-13(11(2)20-18(19-10)27-3)5-7-16(23)21-22-17(24)12-4-6-14-15(8-12)26-9-25-14/h4,6,8H,5,7,9H2,1-3H3,(H,21,23)(H,22,24). The van der Waals surface area contributed by atoms with E-state index in [0.29, 0.717) is 28.6 Å². The number of amides is 2. The summed E-state index contributed by atoms with van der Waals surface area (Å²) in [5, 5.41) is 0.717. The molecule has 1 aliphatic heterocycles. The minimum atomic E-state index is -0.429. The normalized spacial score (nSPS) is 12.0. The number of carbonyl (C=O) groups is 2. The van der Waals surface area contributed by atoms with Crippen LogP contribution < -0.4 is 20.3 Å². The highest BCUT2D eigenvalue weighted by atomic mass is 32.2. The maximum Gasteiger partial charge on any atom is 0.269 e. The number of nitrogens with zero attached hydrogens (tertiary/aromatic N) is 2. The third-order valence-electron chi connectivity index (χ3n) is 4.14. The highest BCUT2D eigenvalue weighted by Gasteiger charge is 2.17. The van der Waals surface area contributed by atoms with Crippen LogP contribution in [0.4, 0.5) is 0 Å². The molecule has 8 nitrogen and oxygen atoms in total. The molecular formula is C18H20N4O4S. The van der Waals surface area contributed by atoms with Gasteiger partial charge in [-0.05, 0) is 50.3 Å². The van der Waals surface area contributed by atoms with Gasteiger partial charge in [-0.3, -0.25) is 20.4 Å². The van der Waals surface area contributed by atoms with Gasteiger partial charge in [0.25, 0.3) is 5.91 Å². The van der Waals surface area contributed by atoms with Crippen molar-refractivity contribution < 1.29 is 19.1 Å². The van der Waals surface area contributed by atoms with E-state index < -0.39 is 5.91 Å². The molecule has 9 heteroatoms. The molecule has 2 heterocycles. The highest BCUT2D eigenvalue weighted by Crippen LogP contribution is 2.32. The number of fused-ring (bicyclic) bond motifs is 1. The van der Waals surface area contributed by atoms with Crippen LogP contribution in [0.15, 0.2) is 23.4 Å².